The topological polar surface area (TPSA) is 29.5 Å². The second-order valence-electron chi connectivity index (χ2n) is 8.03. The molecule has 2 aliphatic rings. The summed E-state index contributed by atoms with van der Waals surface area (Å²) in [5.41, 5.74) is -0.130. The number of likely N-dealkylation sites (tertiary alicyclic amines) is 1. The van der Waals surface area contributed by atoms with Crippen LogP contribution in [0.2, 0.25) is 0 Å². The summed E-state index contributed by atoms with van der Waals surface area (Å²) in [6, 6.07) is 2.16. The van der Waals surface area contributed by atoms with E-state index in [1.165, 1.54) is 6.07 Å². The van der Waals surface area contributed by atoms with Gasteiger partial charge in [0.25, 0.3) is 0 Å². The van der Waals surface area contributed by atoms with Crippen LogP contribution < -0.4 is 0 Å². The maximum absolute atomic E-state index is 14.3. The first-order valence-corrected chi connectivity index (χ1v) is 9.01. The summed E-state index contributed by atoms with van der Waals surface area (Å²) in [4.78, 5) is 14.2. The van der Waals surface area contributed by atoms with Gasteiger partial charge >= 0.3 is 6.09 Å². The Hall–Kier alpha value is -1.17. The SMILES string of the molecule is CC(C)(C)OC(=O)N1CC2(CC2)CC1Cc1cc(F)cc(Br)c1F. The molecule has 1 unspecified atom stereocenters. The minimum Gasteiger partial charge on any atom is -0.444 e. The van der Waals surface area contributed by atoms with Crippen LogP contribution in [0.3, 0.4) is 0 Å². The highest BCUT2D eigenvalue weighted by molar-refractivity contribution is 9.10. The Morgan fingerprint density at radius 1 is 1.38 bits per heavy atom. The quantitative estimate of drug-likeness (QED) is 0.648. The number of rotatable bonds is 2. The summed E-state index contributed by atoms with van der Waals surface area (Å²) in [6.07, 6.45) is 2.91. The number of halogens is 3. The van der Waals surface area contributed by atoms with Crippen molar-refractivity contribution in [3.8, 4) is 0 Å². The third-order valence-corrected chi connectivity index (χ3v) is 5.30. The Morgan fingerprint density at radius 3 is 2.62 bits per heavy atom. The molecular weight excluding hydrogens is 380 g/mol. The summed E-state index contributed by atoms with van der Waals surface area (Å²) in [7, 11) is 0. The van der Waals surface area contributed by atoms with E-state index in [-0.39, 0.29) is 27.6 Å². The summed E-state index contributed by atoms with van der Waals surface area (Å²) in [5, 5.41) is 0. The van der Waals surface area contributed by atoms with Crippen molar-refractivity contribution in [1.29, 1.82) is 0 Å². The van der Waals surface area contributed by atoms with Gasteiger partial charge in [-0.25, -0.2) is 13.6 Å². The molecule has 24 heavy (non-hydrogen) atoms. The molecule has 1 saturated carbocycles. The highest BCUT2D eigenvalue weighted by Gasteiger charge is 2.53. The normalized spacial score (nSPS) is 22.1. The largest absolute Gasteiger partial charge is 0.444 e. The number of benzene rings is 1. The average molecular weight is 402 g/mol. The number of hydrogen-bond donors (Lipinski definition) is 0. The molecule has 6 heteroatoms. The van der Waals surface area contributed by atoms with Crippen molar-refractivity contribution in [3.05, 3.63) is 33.8 Å². The predicted molar refractivity (Wildman–Crippen MR) is 90.8 cm³/mol. The van der Waals surface area contributed by atoms with Crippen LogP contribution in [0.4, 0.5) is 13.6 Å². The van der Waals surface area contributed by atoms with Crippen LogP contribution in [0.15, 0.2) is 16.6 Å². The summed E-state index contributed by atoms with van der Waals surface area (Å²) in [6.45, 7) is 6.12. The average Bonchev–Trinajstić information content (AvgIpc) is 3.08. The van der Waals surface area contributed by atoms with Gasteiger partial charge in [-0.1, -0.05) is 0 Å². The highest BCUT2D eigenvalue weighted by atomic mass is 79.9. The highest BCUT2D eigenvalue weighted by Crippen LogP contribution is 2.55. The molecule has 1 saturated heterocycles. The van der Waals surface area contributed by atoms with Crippen molar-refractivity contribution in [2.75, 3.05) is 6.54 Å². The van der Waals surface area contributed by atoms with Gasteiger partial charge in [-0.05, 0) is 85.5 Å². The lowest BCUT2D eigenvalue weighted by atomic mass is 9.98. The molecule has 1 spiro atoms. The summed E-state index contributed by atoms with van der Waals surface area (Å²) < 4.78 is 33.5. The van der Waals surface area contributed by atoms with E-state index in [2.05, 4.69) is 15.9 Å². The van der Waals surface area contributed by atoms with E-state index in [1.54, 1.807) is 4.90 Å². The van der Waals surface area contributed by atoms with Gasteiger partial charge in [0.15, 0.2) is 0 Å². The number of nitrogens with zero attached hydrogens (tertiary/aromatic N) is 1. The molecule has 1 aromatic carbocycles. The van der Waals surface area contributed by atoms with Crippen LogP contribution in [0.1, 0.15) is 45.6 Å². The Morgan fingerprint density at radius 2 is 2.04 bits per heavy atom. The molecule has 1 atom stereocenters. The van der Waals surface area contributed by atoms with Crippen LogP contribution in [-0.4, -0.2) is 29.2 Å². The first-order valence-electron chi connectivity index (χ1n) is 8.22. The smallest absolute Gasteiger partial charge is 0.410 e. The minimum atomic E-state index is -0.575. The monoisotopic (exact) mass is 401 g/mol. The lowest BCUT2D eigenvalue weighted by Crippen LogP contribution is -2.41. The third-order valence-electron chi connectivity index (χ3n) is 4.72. The van der Waals surface area contributed by atoms with E-state index in [0.717, 1.165) is 25.3 Å². The van der Waals surface area contributed by atoms with E-state index < -0.39 is 17.2 Å². The van der Waals surface area contributed by atoms with Crippen LogP contribution in [0.5, 0.6) is 0 Å². The van der Waals surface area contributed by atoms with Crippen molar-refractivity contribution in [1.82, 2.24) is 4.90 Å². The molecule has 1 aliphatic carbocycles. The number of ether oxygens (including phenoxy) is 1. The first-order chi connectivity index (χ1) is 11.1. The standard InChI is InChI=1S/C18H22BrF2NO2/c1-17(2,3)24-16(23)22-10-18(4-5-18)9-13(22)7-11-6-12(20)8-14(19)15(11)21/h6,8,13H,4-5,7,9-10H2,1-3H3. The van der Waals surface area contributed by atoms with Gasteiger partial charge in [0.1, 0.15) is 17.2 Å². The molecule has 1 amide bonds. The molecule has 1 aliphatic heterocycles. The Bertz CT molecular complexity index is 668. The van der Waals surface area contributed by atoms with Crippen LogP contribution in [0.25, 0.3) is 0 Å². The molecule has 2 fully saturated rings. The van der Waals surface area contributed by atoms with Crippen molar-refractivity contribution >= 4 is 22.0 Å². The maximum Gasteiger partial charge on any atom is 0.410 e. The molecule has 0 radical (unpaired) electrons. The molecule has 132 valence electrons. The van der Waals surface area contributed by atoms with Crippen molar-refractivity contribution in [2.24, 2.45) is 5.41 Å². The Balaban J connectivity index is 1.81. The molecule has 3 rings (SSSR count). The van der Waals surface area contributed by atoms with E-state index in [4.69, 9.17) is 4.74 Å². The molecule has 0 N–H and O–H groups in total. The minimum absolute atomic E-state index is 0.112. The lowest BCUT2D eigenvalue weighted by Gasteiger charge is -2.28. The second-order valence-corrected chi connectivity index (χ2v) is 8.89. The molecule has 0 aromatic heterocycles. The van der Waals surface area contributed by atoms with Gasteiger partial charge in [0, 0.05) is 12.6 Å². The summed E-state index contributed by atoms with van der Waals surface area (Å²) in [5.74, 6) is -0.946. The van der Waals surface area contributed by atoms with E-state index in [1.807, 2.05) is 20.8 Å². The van der Waals surface area contributed by atoms with Crippen molar-refractivity contribution < 1.29 is 18.3 Å². The number of carbonyl (C=O) groups excluding carboxylic acids is 1. The van der Waals surface area contributed by atoms with Gasteiger partial charge in [-0.3, -0.25) is 0 Å². The van der Waals surface area contributed by atoms with Crippen LogP contribution >= 0.6 is 15.9 Å². The predicted octanol–water partition coefficient (Wildman–Crippen LogP) is 5.06. The van der Waals surface area contributed by atoms with Gasteiger partial charge in [0.2, 0.25) is 0 Å². The van der Waals surface area contributed by atoms with Crippen LogP contribution in [-0.2, 0) is 11.2 Å². The van der Waals surface area contributed by atoms with Gasteiger partial charge in [0.05, 0.1) is 4.47 Å². The van der Waals surface area contributed by atoms with Gasteiger partial charge < -0.3 is 9.64 Å². The Kier molecular flexibility index (Phi) is 4.39. The number of amides is 1. The fourth-order valence-corrected chi connectivity index (χ4v) is 3.91. The van der Waals surface area contributed by atoms with E-state index in [9.17, 15) is 13.6 Å². The molecule has 1 aromatic rings. The maximum atomic E-state index is 14.3. The Labute approximate surface area is 149 Å². The lowest BCUT2D eigenvalue weighted by molar-refractivity contribution is 0.0219. The fourth-order valence-electron chi connectivity index (χ4n) is 3.43. The van der Waals surface area contributed by atoms with E-state index >= 15 is 0 Å². The third kappa shape index (κ3) is 3.73. The molecular formula is C18H22BrF2NO2. The molecule has 3 nitrogen and oxygen atoms in total. The fraction of sp³-hybridized carbons (Fsp3) is 0.611. The number of carbonyl (C=O) groups is 1. The molecule has 0 bridgehead atoms. The van der Waals surface area contributed by atoms with Gasteiger partial charge in [-0.15, -0.1) is 0 Å². The van der Waals surface area contributed by atoms with Crippen molar-refractivity contribution in [2.45, 2.75) is 58.1 Å². The molecule has 1 heterocycles. The first kappa shape index (κ1) is 17.6. The summed E-state index contributed by atoms with van der Waals surface area (Å²) >= 11 is 3.04. The zero-order chi connectivity index (χ0) is 17.7. The zero-order valence-corrected chi connectivity index (χ0v) is 15.8. The van der Waals surface area contributed by atoms with Gasteiger partial charge in [-0.2, -0.15) is 0 Å². The number of hydrogen-bond acceptors (Lipinski definition) is 2. The van der Waals surface area contributed by atoms with Crippen molar-refractivity contribution in [3.63, 3.8) is 0 Å². The zero-order valence-electron chi connectivity index (χ0n) is 14.2. The van der Waals surface area contributed by atoms with E-state index in [0.29, 0.717) is 13.0 Å². The van der Waals surface area contributed by atoms with Crippen LogP contribution in [0, 0.1) is 17.0 Å². The second kappa shape index (κ2) is 5.97.